The van der Waals surface area contributed by atoms with Gasteiger partial charge in [-0.25, -0.2) is 4.79 Å². The van der Waals surface area contributed by atoms with Crippen molar-refractivity contribution in [3.63, 3.8) is 0 Å². The number of aryl methyl sites for hydroxylation is 4. The van der Waals surface area contributed by atoms with Gasteiger partial charge in [0.05, 0.1) is 6.54 Å². The highest BCUT2D eigenvalue weighted by molar-refractivity contribution is 7.14. The first-order valence-corrected chi connectivity index (χ1v) is 10.5. The van der Waals surface area contributed by atoms with Crippen LogP contribution in [-0.4, -0.2) is 42.9 Å². The molecule has 2 aromatic rings. The summed E-state index contributed by atoms with van der Waals surface area (Å²) in [6, 6.07) is 7.67. The molecule has 3 rings (SSSR count). The van der Waals surface area contributed by atoms with Gasteiger partial charge in [-0.2, -0.15) is 0 Å². The van der Waals surface area contributed by atoms with Crippen LogP contribution in [0.1, 0.15) is 44.1 Å². The molecule has 0 bridgehead atoms. The zero-order valence-electron chi connectivity index (χ0n) is 17.0. The Bertz CT molecular complexity index is 911. The molecule has 154 valence electrons. The fraction of sp³-hybridized carbons (Fsp3) is 0.409. The molecule has 0 radical (unpaired) electrons. The highest BCUT2D eigenvalue weighted by Crippen LogP contribution is 2.30. The monoisotopic (exact) mass is 414 g/mol. The van der Waals surface area contributed by atoms with Crippen LogP contribution in [0.25, 0.3) is 0 Å². The van der Waals surface area contributed by atoms with Gasteiger partial charge in [0.15, 0.2) is 6.61 Å². The summed E-state index contributed by atoms with van der Waals surface area (Å²) in [6.45, 7) is 3.36. The molecule has 1 N–H and O–H groups in total. The maximum Gasteiger partial charge on any atom is 0.348 e. The Morgan fingerprint density at radius 2 is 1.90 bits per heavy atom. The molecule has 1 aromatic heterocycles. The van der Waals surface area contributed by atoms with E-state index in [0.717, 1.165) is 42.5 Å². The molecule has 1 aromatic carbocycles. The van der Waals surface area contributed by atoms with E-state index in [2.05, 4.69) is 5.32 Å². The summed E-state index contributed by atoms with van der Waals surface area (Å²) >= 11 is 1.45. The van der Waals surface area contributed by atoms with Gasteiger partial charge in [-0.05, 0) is 68.4 Å². The van der Waals surface area contributed by atoms with Gasteiger partial charge in [0.25, 0.3) is 5.91 Å². The second kappa shape index (κ2) is 9.22. The van der Waals surface area contributed by atoms with E-state index in [9.17, 15) is 14.4 Å². The van der Waals surface area contributed by atoms with Crippen LogP contribution in [0.2, 0.25) is 0 Å². The first-order valence-electron chi connectivity index (χ1n) is 9.73. The zero-order valence-corrected chi connectivity index (χ0v) is 17.9. The van der Waals surface area contributed by atoms with Crippen molar-refractivity contribution in [1.29, 1.82) is 0 Å². The van der Waals surface area contributed by atoms with E-state index < -0.39 is 11.9 Å². The predicted molar refractivity (Wildman–Crippen MR) is 113 cm³/mol. The molecule has 0 unspecified atom stereocenters. The van der Waals surface area contributed by atoms with Crippen molar-refractivity contribution in [3.05, 3.63) is 50.7 Å². The number of ether oxygens (including phenoxy) is 1. The first-order chi connectivity index (χ1) is 13.8. The van der Waals surface area contributed by atoms with E-state index in [-0.39, 0.29) is 19.1 Å². The van der Waals surface area contributed by atoms with Crippen LogP contribution in [-0.2, 0) is 27.2 Å². The molecule has 7 heteroatoms. The van der Waals surface area contributed by atoms with Crippen LogP contribution in [0.4, 0.5) is 5.69 Å². The quantitative estimate of drug-likeness (QED) is 0.734. The van der Waals surface area contributed by atoms with Crippen LogP contribution in [0.15, 0.2) is 24.3 Å². The lowest BCUT2D eigenvalue weighted by Crippen LogP contribution is -2.37. The standard InChI is InChI=1S/C22H26N2O4S/c1-14-8-9-15(2)17(10-14)23-20(25)12-24(3)21(26)13-28-22(27)19-11-16-6-4-5-7-18(16)29-19/h8-11H,4-7,12-13H2,1-3H3,(H,23,25). The Morgan fingerprint density at radius 3 is 2.66 bits per heavy atom. The van der Waals surface area contributed by atoms with E-state index in [1.807, 2.05) is 38.1 Å². The van der Waals surface area contributed by atoms with E-state index >= 15 is 0 Å². The smallest absolute Gasteiger partial charge is 0.348 e. The van der Waals surface area contributed by atoms with Gasteiger partial charge < -0.3 is 15.0 Å². The third kappa shape index (κ3) is 5.44. The van der Waals surface area contributed by atoms with Crippen molar-refractivity contribution in [3.8, 4) is 0 Å². The van der Waals surface area contributed by atoms with Crippen molar-refractivity contribution in [2.24, 2.45) is 0 Å². The zero-order chi connectivity index (χ0) is 21.0. The van der Waals surface area contributed by atoms with E-state index in [4.69, 9.17) is 4.74 Å². The second-order valence-corrected chi connectivity index (χ2v) is 8.60. The third-order valence-electron chi connectivity index (χ3n) is 5.00. The molecule has 0 atom stereocenters. The number of carbonyl (C=O) groups is 3. The van der Waals surface area contributed by atoms with Crippen molar-refractivity contribution >= 4 is 34.8 Å². The summed E-state index contributed by atoms with van der Waals surface area (Å²) < 4.78 is 5.17. The van der Waals surface area contributed by atoms with Crippen LogP contribution in [0.3, 0.4) is 0 Å². The minimum absolute atomic E-state index is 0.114. The summed E-state index contributed by atoms with van der Waals surface area (Å²) in [5.74, 6) is -1.20. The van der Waals surface area contributed by atoms with Gasteiger partial charge in [0.2, 0.25) is 5.91 Å². The number of carbonyl (C=O) groups excluding carboxylic acids is 3. The molecule has 0 fully saturated rings. The van der Waals surface area contributed by atoms with Crippen molar-refractivity contribution < 1.29 is 19.1 Å². The lowest BCUT2D eigenvalue weighted by molar-refractivity contribution is -0.136. The fourth-order valence-electron chi connectivity index (χ4n) is 3.26. The van der Waals surface area contributed by atoms with Gasteiger partial charge in [-0.15, -0.1) is 11.3 Å². The minimum Gasteiger partial charge on any atom is -0.451 e. The van der Waals surface area contributed by atoms with E-state index in [0.29, 0.717) is 4.88 Å². The molecule has 0 spiro atoms. The fourth-order valence-corrected chi connectivity index (χ4v) is 4.41. The molecule has 1 aliphatic rings. The van der Waals surface area contributed by atoms with Crippen LogP contribution in [0, 0.1) is 13.8 Å². The SMILES string of the molecule is Cc1ccc(C)c(NC(=O)CN(C)C(=O)COC(=O)c2cc3c(s2)CCCC3)c1. The number of amides is 2. The number of fused-ring (bicyclic) bond motifs is 1. The van der Waals surface area contributed by atoms with Crippen LogP contribution < -0.4 is 5.32 Å². The molecule has 1 heterocycles. The Balaban J connectivity index is 1.48. The number of hydrogen-bond donors (Lipinski definition) is 1. The molecule has 0 saturated heterocycles. The number of benzene rings is 1. The maximum absolute atomic E-state index is 12.3. The molecular formula is C22H26N2O4S. The Hall–Kier alpha value is -2.67. The molecular weight excluding hydrogens is 388 g/mol. The van der Waals surface area contributed by atoms with Gasteiger partial charge in [-0.1, -0.05) is 12.1 Å². The number of thiophene rings is 1. The third-order valence-corrected chi connectivity index (χ3v) is 6.22. The summed E-state index contributed by atoms with van der Waals surface area (Å²) in [4.78, 5) is 39.8. The van der Waals surface area contributed by atoms with Crippen LogP contribution >= 0.6 is 11.3 Å². The lowest BCUT2D eigenvalue weighted by Gasteiger charge is -2.17. The molecule has 2 amide bonds. The normalized spacial score (nSPS) is 12.8. The number of nitrogens with one attached hydrogen (secondary N) is 1. The molecule has 6 nitrogen and oxygen atoms in total. The second-order valence-electron chi connectivity index (χ2n) is 7.46. The van der Waals surface area contributed by atoms with Gasteiger partial charge in [0, 0.05) is 17.6 Å². The molecule has 0 saturated carbocycles. The molecule has 0 aliphatic heterocycles. The number of rotatable bonds is 6. The van der Waals surface area contributed by atoms with Gasteiger partial charge >= 0.3 is 5.97 Å². The number of nitrogens with zero attached hydrogens (tertiary/aromatic N) is 1. The average Bonchev–Trinajstić information content (AvgIpc) is 3.13. The van der Waals surface area contributed by atoms with Gasteiger partial charge in [0.1, 0.15) is 4.88 Å². The van der Waals surface area contributed by atoms with Crippen molar-refractivity contribution in [2.45, 2.75) is 39.5 Å². The highest BCUT2D eigenvalue weighted by Gasteiger charge is 2.20. The number of anilines is 1. The summed E-state index contributed by atoms with van der Waals surface area (Å²) in [6.07, 6.45) is 4.29. The predicted octanol–water partition coefficient (Wildman–Crippen LogP) is 3.50. The molecule has 29 heavy (non-hydrogen) atoms. The largest absolute Gasteiger partial charge is 0.451 e. The number of esters is 1. The minimum atomic E-state index is -0.481. The summed E-state index contributed by atoms with van der Waals surface area (Å²) in [7, 11) is 1.52. The number of hydrogen-bond acceptors (Lipinski definition) is 5. The topological polar surface area (TPSA) is 75.7 Å². The van der Waals surface area contributed by atoms with Crippen molar-refractivity contribution in [2.75, 3.05) is 25.5 Å². The highest BCUT2D eigenvalue weighted by atomic mass is 32.1. The van der Waals surface area contributed by atoms with E-state index in [1.54, 1.807) is 0 Å². The number of likely N-dealkylation sites (N-methyl/N-ethyl adjacent to an activating group) is 1. The average molecular weight is 415 g/mol. The Labute approximate surface area is 174 Å². The first kappa shape index (κ1) is 21.0. The molecule has 1 aliphatic carbocycles. The Morgan fingerprint density at radius 1 is 1.14 bits per heavy atom. The maximum atomic E-state index is 12.3. The van der Waals surface area contributed by atoms with Gasteiger partial charge in [-0.3, -0.25) is 9.59 Å². The lowest BCUT2D eigenvalue weighted by atomic mass is 9.99. The Kier molecular flexibility index (Phi) is 6.69. The van der Waals surface area contributed by atoms with Crippen molar-refractivity contribution in [1.82, 2.24) is 4.90 Å². The van der Waals surface area contributed by atoms with Crippen LogP contribution in [0.5, 0.6) is 0 Å². The summed E-state index contributed by atoms with van der Waals surface area (Å²) in [5, 5.41) is 2.82. The summed E-state index contributed by atoms with van der Waals surface area (Å²) in [5.41, 5.74) is 3.94. The van der Waals surface area contributed by atoms with E-state index in [1.165, 1.54) is 33.7 Å².